The third kappa shape index (κ3) is 3.63. The molecule has 0 fully saturated rings. The molecular weight excluding hydrogens is 356 g/mol. The summed E-state index contributed by atoms with van der Waals surface area (Å²) in [5.74, 6) is -0.210. The molecule has 2 aromatic rings. The van der Waals surface area contributed by atoms with E-state index in [-0.39, 0.29) is 5.75 Å². The van der Waals surface area contributed by atoms with Crippen molar-refractivity contribution in [1.29, 1.82) is 0 Å². The molecule has 0 aliphatic heterocycles. The van der Waals surface area contributed by atoms with Crippen LogP contribution in [0.3, 0.4) is 0 Å². The molecule has 0 saturated carbocycles. The zero-order valence-corrected chi connectivity index (χ0v) is 11.2. The molecule has 0 radical (unpaired) electrons. The Balaban J connectivity index is 2.29. The summed E-state index contributed by atoms with van der Waals surface area (Å²) in [6.07, 6.45) is -4.66. The van der Waals surface area contributed by atoms with Crippen molar-refractivity contribution in [2.24, 2.45) is 0 Å². The first-order valence-corrected chi connectivity index (χ1v) is 6.14. The largest absolute Gasteiger partial charge is 0.573 e. The number of halogens is 4. The van der Waals surface area contributed by atoms with Crippen molar-refractivity contribution in [2.75, 3.05) is 0 Å². The van der Waals surface area contributed by atoms with Crippen molar-refractivity contribution < 1.29 is 17.9 Å². The van der Waals surface area contributed by atoms with Crippen molar-refractivity contribution in [3.05, 3.63) is 52.1 Å². The lowest BCUT2D eigenvalue weighted by molar-refractivity contribution is -0.274. The van der Waals surface area contributed by atoms with Crippen LogP contribution >= 0.6 is 22.6 Å². The predicted octanol–water partition coefficient (Wildman–Crippen LogP) is 4.86. The highest BCUT2D eigenvalue weighted by molar-refractivity contribution is 14.1. The van der Waals surface area contributed by atoms with Gasteiger partial charge in [-0.15, -0.1) is 13.2 Å². The number of hydrogen-bond acceptors (Lipinski definition) is 1. The van der Waals surface area contributed by atoms with Gasteiger partial charge >= 0.3 is 6.36 Å². The number of benzene rings is 2. The van der Waals surface area contributed by atoms with Crippen LogP contribution in [0.15, 0.2) is 48.5 Å². The number of hydrogen-bond donors (Lipinski definition) is 0. The minimum Gasteiger partial charge on any atom is -0.406 e. The SMILES string of the molecule is FC(F)(F)Oc1cccc(-c2ccc(I)cc2)c1. The molecule has 0 aromatic heterocycles. The number of ether oxygens (including phenoxy) is 1. The normalized spacial score (nSPS) is 11.3. The quantitative estimate of drug-likeness (QED) is 0.692. The maximum atomic E-state index is 12.1. The van der Waals surface area contributed by atoms with Gasteiger partial charge in [0.05, 0.1) is 0 Å². The van der Waals surface area contributed by atoms with E-state index in [1.54, 1.807) is 6.07 Å². The lowest BCUT2D eigenvalue weighted by Gasteiger charge is -2.10. The molecule has 0 N–H and O–H groups in total. The molecule has 0 aliphatic rings. The van der Waals surface area contributed by atoms with E-state index >= 15 is 0 Å². The van der Waals surface area contributed by atoms with E-state index in [0.29, 0.717) is 5.56 Å². The second kappa shape index (κ2) is 5.17. The van der Waals surface area contributed by atoms with Crippen LogP contribution in [-0.4, -0.2) is 6.36 Å². The first-order chi connectivity index (χ1) is 8.44. The van der Waals surface area contributed by atoms with Crippen molar-refractivity contribution in [3.63, 3.8) is 0 Å². The van der Waals surface area contributed by atoms with Gasteiger partial charge in [0.15, 0.2) is 0 Å². The van der Waals surface area contributed by atoms with Crippen molar-refractivity contribution >= 4 is 22.6 Å². The van der Waals surface area contributed by atoms with Gasteiger partial charge in [0.2, 0.25) is 0 Å². The van der Waals surface area contributed by atoms with Gasteiger partial charge in [-0.1, -0.05) is 24.3 Å². The summed E-state index contributed by atoms with van der Waals surface area (Å²) in [6, 6.07) is 13.4. The Kier molecular flexibility index (Phi) is 3.79. The van der Waals surface area contributed by atoms with Crippen LogP contribution in [0.25, 0.3) is 11.1 Å². The molecule has 0 atom stereocenters. The maximum absolute atomic E-state index is 12.1. The fourth-order valence-corrected chi connectivity index (χ4v) is 1.87. The minimum absolute atomic E-state index is 0.210. The topological polar surface area (TPSA) is 9.23 Å². The maximum Gasteiger partial charge on any atom is 0.573 e. The summed E-state index contributed by atoms with van der Waals surface area (Å²) < 4.78 is 41.3. The fourth-order valence-electron chi connectivity index (χ4n) is 1.52. The van der Waals surface area contributed by atoms with Gasteiger partial charge in [0.1, 0.15) is 5.75 Å². The fraction of sp³-hybridized carbons (Fsp3) is 0.0769. The molecule has 0 aliphatic carbocycles. The van der Waals surface area contributed by atoms with Crippen molar-refractivity contribution in [2.45, 2.75) is 6.36 Å². The third-order valence-electron chi connectivity index (χ3n) is 2.25. The van der Waals surface area contributed by atoms with E-state index in [4.69, 9.17) is 0 Å². The summed E-state index contributed by atoms with van der Waals surface area (Å²) >= 11 is 2.17. The summed E-state index contributed by atoms with van der Waals surface area (Å²) in [7, 11) is 0. The van der Waals surface area contributed by atoms with E-state index in [1.165, 1.54) is 18.2 Å². The predicted molar refractivity (Wildman–Crippen MR) is 71.3 cm³/mol. The first-order valence-electron chi connectivity index (χ1n) is 5.06. The Morgan fingerprint density at radius 1 is 0.889 bits per heavy atom. The van der Waals surface area contributed by atoms with Crippen LogP contribution in [0.5, 0.6) is 5.75 Å². The molecule has 0 spiro atoms. The smallest absolute Gasteiger partial charge is 0.406 e. The molecule has 0 bridgehead atoms. The highest BCUT2D eigenvalue weighted by atomic mass is 127. The molecule has 0 saturated heterocycles. The average molecular weight is 364 g/mol. The van der Waals surface area contributed by atoms with Gasteiger partial charge in [-0.3, -0.25) is 0 Å². The Morgan fingerprint density at radius 2 is 1.56 bits per heavy atom. The zero-order chi connectivity index (χ0) is 13.2. The highest BCUT2D eigenvalue weighted by Crippen LogP contribution is 2.28. The van der Waals surface area contributed by atoms with Gasteiger partial charge in [-0.2, -0.15) is 0 Å². The summed E-state index contributed by atoms with van der Waals surface area (Å²) in [6.45, 7) is 0. The van der Waals surface area contributed by atoms with E-state index in [0.717, 1.165) is 9.13 Å². The minimum atomic E-state index is -4.66. The van der Waals surface area contributed by atoms with Gasteiger partial charge in [0.25, 0.3) is 0 Å². The highest BCUT2D eigenvalue weighted by Gasteiger charge is 2.31. The van der Waals surface area contributed by atoms with E-state index in [1.807, 2.05) is 24.3 Å². The molecule has 18 heavy (non-hydrogen) atoms. The molecule has 5 heteroatoms. The number of alkyl halides is 3. The second-order valence-electron chi connectivity index (χ2n) is 3.58. The van der Waals surface area contributed by atoms with Gasteiger partial charge in [0, 0.05) is 3.57 Å². The molecule has 0 heterocycles. The van der Waals surface area contributed by atoms with Crippen LogP contribution < -0.4 is 4.74 Å². The average Bonchev–Trinajstić information content (AvgIpc) is 2.28. The zero-order valence-electron chi connectivity index (χ0n) is 9.04. The Morgan fingerprint density at radius 3 is 2.17 bits per heavy atom. The van der Waals surface area contributed by atoms with Crippen molar-refractivity contribution in [1.82, 2.24) is 0 Å². The van der Waals surface area contributed by atoms with Crippen LogP contribution in [0.4, 0.5) is 13.2 Å². The summed E-state index contributed by atoms with van der Waals surface area (Å²) in [5, 5.41) is 0. The molecule has 94 valence electrons. The molecule has 2 aromatic carbocycles. The monoisotopic (exact) mass is 364 g/mol. The lowest BCUT2D eigenvalue weighted by Crippen LogP contribution is -2.17. The van der Waals surface area contributed by atoms with E-state index in [9.17, 15) is 13.2 Å². The van der Waals surface area contributed by atoms with Gasteiger partial charge < -0.3 is 4.74 Å². The lowest BCUT2D eigenvalue weighted by atomic mass is 10.1. The second-order valence-corrected chi connectivity index (χ2v) is 4.83. The Bertz CT molecular complexity index is 535. The van der Waals surface area contributed by atoms with Crippen molar-refractivity contribution in [3.8, 4) is 16.9 Å². The Labute approximate surface area is 116 Å². The van der Waals surface area contributed by atoms with E-state index < -0.39 is 6.36 Å². The molecule has 0 unspecified atom stereocenters. The van der Waals surface area contributed by atoms with Gasteiger partial charge in [-0.05, 0) is 58.0 Å². The molecule has 0 amide bonds. The molecular formula is C13H8F3IO. The standard InChI is InChI=1S/C13H8F3IO/c14-13(15,16)18-12-3-1-2-10(8-12)9-4-6-11(17)7-5-9/h1-8H. The third-order valence-corrected chi connectivity index (χ3v) is 2.96. The summed E-state index contributed by atoms with van der Waals surface area (Å²) in [5.41, 5.74) is 1.54. The van der Waals surface area contributed by atoms with Crippen LogP contribution in [0.1, 0.15) is 0 Å². The summed E-state index contributed by atoms with van der Waals surface area (Å²) in [4.78, 5) is 0. The first kappa shape index (κ1) is 13.2. The molecule has 1 nitrogen and oxygen atoms in total. The van der Waals surface area contributed by atoms with Crippen LogP contribution in [-0.2, 0) is 0 Å². The van der Waals surface area contributed by atoms with Crippen LogP contribution in [0.2, 0.25) is 0 Å². The van der Waals surface area contributed by atoms with E-state index in [2.05, 4.69) is 27.3 Å². The van der Waals surface area contributed by atoms with Gasteiger partial charge in [-0.25, -0.2) is 0 Å². The number of rotatable bonds is 2. The van der Waals surface area contributed by atoms with Crippen LogP contribution in [0, 0.1) is 3.57 Å². The molecule has 2 rings (SSSR count). The Hall–Kier alpha value is -1.24.